The van der Waals surface area contributed by atoms with Crippen molar-refractivity contribution in [1.82, 2.24) is 14.8 Å². The Balaban J connectivity index is 2.21. The number of hydrogen-bond donors (Lipinski definition) is 2. The highest BCUT2D eigenvalue weighted by Gasteiger charge is 2.31. The van der Waals surface area contributed by atoms with E-state index in [9.17, 15) is 5.26 Å². The zero-order chi connectivity index (χ0) is 14.3. The molecule has 0 aliphatic carbocycles. The molecule has 3 N–H and O–H groups in total. The molecule has 100 valence electrons. The van der Waals surface area contributed by atoms with Crippen molar-refractivity contribution in [3.05, 3.63) is 45.7 Å². The van der Waals surface area contributed by atoms with Crippen LogP contribution in [0, 0.1) is 11.3 Å². The lowest BCUT2D eigenvalue weighted by Crippen LogP contribution is -2.27. The van der Waals surface area contributed by atoms with Gasteiger partial charge in [-0.05, 0) is 12.1 Å². The molecule has 0 fully saturated rings. The Labute approximate surface area is 124 Å². The smallest absolute Gasteiger partial charge is 0.228 e. The molecule has 1 aromatic carbocycles. The second-order valence-electron chi connectivity index (χ2n) is 4.12. The summed E-state index contributed by atoms with van der Waals surface area (Å²) in [6.45, 7) is 0. The van der Waals surface area contributed by atoms with Gasteiger partial charge in [0.1, 0.15) is 18.2 Å². The molecule has 1 aromatic heterocycles. The third kappa shape index (κ3) is 1.80. The molecule has 0 spiro atoms. The number of fused-ring (bicyclic) bond motifs is 1. The number of nitrogens with one attached hydrogen (secondary N) is 1. The van der Waals surface area contributed by atoms with Gasteiger partial charge in [0.15, 0.2) is 0 Å². The largest absolute Gasteiger partial charge is 0.383 e. The highest BCUT2D eigenvalue weighted by molar-refractivity contribution is 6.36. The average molecular weight is 307 g/mol. The van der Waals surface area contributed by atoms with Gasteiger partial charge >= 0.3 is 0 Å². The molecule has 6 nitrogen and oxygen atoms in total. The average Bonchev–Trinajstić information content (AvgIpc) is 2.87. The number of anilines is 1. The van der Waals surface area contributed by atoms with Crippen molar-refractivity contribution in [1.29, 1.82) is 5.26 Å². The molecule has 2 aromatic rings. The summed E-state index contributed by atoms with van der Waals surface area (Å²) in [7, 11) is 0. The van der Waals surface area contributed by atoms with Gasteiger partial charge < -0.3 is 11.1 Å². The number of benzene rings is 1. The van der Waals surface area contributed by atoms with Gasteiger partial charge in [0.05, 0.1) is 11.6 Å². The summed E-state index contributed by atoms with van der Waals surface area (Å²) in [6.07, 6.45) is 1.35. The van der Waals surface area contributed by atoms with Crippen LogP contribution in [0.4, 0.5) is 5.95 Å². The Morgan fingerprint density at radius 3 is 2.70 bits per heavy atom. The Morgan fingerprint density at radius 2 is 2.05 bits per heavy atom. The minimum atomic E-state index is -0.558. The minimum Gasteiger partial charge on any atom is -0.383 e. The summed E-state index contributed by atoms with van der Waals surface area (Å²) < 4.78 is 1.36. The van der Waals surface area contributed by atoms with Crippen molar-refractivity contribution in [2.24, 2.45) is 5.73 Å². The van der Waals surface area contributed by atoms with E-state index in [0.717, 1.165) is 0 Å². The number of nitriles is 1. The van der Waals surface area contributed by atoms with Gasteiger partial charge in [-0.25, -0.2) is 0 Å². The van der Waals surface area contributed by atoms with Crippen LogP contribution >= 0.6 is 23.2 Å². The van der Waals surface area contributed by atoms with Crippen molar-refractivity contribution >= 4 is 35.0 Å². The van der Waals surface area contributed by atoms with E-state index in [2.05, 4.69) is 21.5 Å². The van der Waals surface area contributed by atoms with E-state index in [-0.39, 0.29) is 11.4 Å². The van der Waals surface area contributed by atoms with Crippen molar-refractivity contribution in [3.8, 4) is 6.07 Å². The van der Waals surface area contributed by atoms with Crippen molar-refractivity contribution in [2.75, 3.05) is 5.32 Å². The number of rotatable bonds is 1. The lowest BCUT2D eigenvalue weighted by molar-refractivity contribution is 0.795. The van der Waals surface area contributed by atoms with Crippen LogP contribution in [0.3, 0.4) is 0 Å². The van der Waals surface area contributed by atoms with Crippen LogP contribution in [0.2, 0.25) is 10.0 Å². The highest BCUT2D eigenvalue weighted by atomic mass is 35.5. The second-order valence-corrected chi connectivity index (χ2v) is 4.93. The van der Waals surface area contributed by atoms with Gasteiger partial charge in [-0.3, -0.25) is 0 Å². The van der Waals surface area contributed by atoms with Gasteiger partial charge in [0, 0.05) is 15.6 Å². The molecule has 0 amide bonds. The van der Waals surface area contributed by atoms with Crippen molar-refractivity contribution in [3.63, 3.8) is 0 Å². The van der Waals surface area contributed by atoms with Gasteiger partial charge in [0.25, 0.3) is 0 Å². The fraction of sp³-hybridized carbons (Fsp3) is 0.0833. The second kappa shape index (κ2) is 4.71. The number of nitrogens with zero attached hydrogens (tertiary/aromatic N) is 4. The molecular weight excluding hydrogens is 299 g/mol. The quantitative estimate of drug-likeness (QED) is 0.844. The summed E-state index contributed by atoms with van der Waals surface area (Å²) in [5.41, 5.74) is 6.84. The Hall–Kier alpha value is -2.23. The number of aromatic nitrogens is 3. The first-order valence-electron chi connectivity index (χ1n) is 5.64. The normalized spacial score (nSPS) is 17.4. The summed E-state index contributed by atoms with van der Waals surface area (Å²) >= 11 is 12.4. The SMILES string of the molecule is N#CC1=C(N)n2ncnc2N[C@@H]1c1c(Cl)cccc1Cl. The molecule has 1 atom stereocenters. The van der Waals surface area contributed by atoms with Crippen LogP contribution in [0.5, 0.6) is 0 Å². The number of halogens is 2. The van der Waals surface area contributed by atoms with Gasteiger partial charge in [-0.15, -0.1) is 0 Å². The molecule has 0 saturated carbocycles. The van der Waals surface area contributed by atoms with Crippen LogP contribution in [-0.4, -0.2) is 14.8 Å². The molecule has 0 unspecified atom stereocenters. The maximum absolute atomic E-state index is 9.36. The van der Waals surface area contributed by atoms with Gasteiger partial charge in [0.2, 0.25) is 5.95 Å². The number of hydrogen-bond acceptors (Lipinski definition) is 5. The van der Waals surface area contributed by atoms with Gasteiger partial charge in [-0.2, -0.15) is 20.0 Å². The first kappa shape index (κ1) is 12.8. The van der Waals surface area contributed by atoms with E-state index in [1.165, 1.54) is 11.0 Å². The molecule has 8 heteroatoms. The third-order valence-corrected chi connectivity index (χ3v) is 3.68. The van der Waals surface area contributed by atoms with Crippen molar-refractivity contribution in [2.45, 2.75) is 6.04 Å². The molecule has 3 rings (SSSR count). The zero-order valence-electron chi connectivity index (χ0n) is 10.0. The summed E-state index contributed by atoms with van der Waals surface area (Å²) in [5, 5.41) is 17.3. The first-order valence-corrected chi connectivity index (χ1v) is 6.39. The topological polar surface area (TPSA) is 92.5 Å². The van der Waals surface area contributed by atoms with E-state index in [4.69, 9.17) is 28.9 Å². The predicted molar refractivity (Wildman–Crippen MR) is 75.9 cm³/mol. The molecular formula is C12H8Cl2N6. The lowest BCUT2D eigenvalue weighted by Gasteiger charge is -2.26. The zero-order valence-corrected chi connectivity index (χ0v) is 11.5. The van der Waals surface area contributed by atoms with Crippen LogP contribution < -0.4 is 11.1 Å². The summed E-state index contributed by atoms with van der Waals surface area (Å²) in [6, 6.07) is 6.66. The van der Waals surface area contributed by atoms with Crippen LogP contribution in [0.1, 0.15) is 11.6 Å². The van der Waals surface area contributed by atoms with E-state index in [1.54, 1.807) is 18.2 Å². The molecule has 0 saturated heterocycles. The molecule has 2 heterocycles. The maximum atomic E-state index is 9.36. The van der Waals surface area contributed by atoms with E-state index in [1.807, 2.05) is 0 Å². The molecule has 20 heavy (non-hydrogen) atoms. The van der Waals surface area contributed by atoms with Gasteiger partial charge in [-0.1, -0.05) is 29.3 Å². The van der Waals surface area contributed by atoms with Crippen LogP contribution in [-0.2, 0) is 0 Å². The molecule has 0 radical (unpaired) electrons. The fourth-order valence-electron chi connectivity index (χ4n) is 2.10. The Kier molecular flexibility index (Phi) is 3.01. The molecule has 1 aliphatic rings. The van der Waals surface area contributed by atoms with E-state index in [0.29, 0.717) is 21.6 Å². The fourth-order valence-corrected chi connectivity index (χ4v) is 2.72. The third-order valence-electron chi connectivity index (χ3n) is 3.02. The van der Waals surface area contributed by atoms with E-state index < -0.39 is 6.04 Å². The summed E-state index contributed by atoms with van der Waals surface area (Å²) in [5.74, 6) is 0.641. The lowest BCUT2D eigenvalue weighted by atomic mass is 9.98. The molecule has 1 aliphatic heterocycles. The standard InChI is InChI=1S/C12H8Cl2N6/c13-7-2-1-3-8(14)9(7)10-6(4-15)11(16)20-12(19-10)17-5-18-20/h1-3,5,10H,16H2,(H,17,18,19)/t10-/m0/s1. The minimum absolute atomic E-state index is 0.208. The predicted octanol–water partition coefficient (Wildman–Crippen LogP) is 2.40. The number of nitrogens with two attached hydrogens (primary N) is 1. The highest BCUT2D eigenvalue weighted by Crippen LogP contribution is 2.39. The monoisotopic (exact) mass is 306 g/mol. The first-order chi connectivity index (χ1) is 9.63. The van der Waals surface area contributed by atoms with Crippen LogP contribution in [0.15, 0.2) is 30.1 Å². The van der Waals surface area contributed by atoms with Crippen LogP contribution in [0.25, 0.3) is 5.82 Å². The van der Waals surface area contributed by atoms with E-state index >= 15 is 0 Å². The van der Waals surface area contributed by atoms with Crippen molar-refractivity contribution < 1.29 is 0 Å². The summed E-state index contributed by atoms with van der Waals surface area (Å²) in [4.78, 5) is 4.04. The Bertz CT molecular complexity index is 737. The maximum Gasteiger partial charge on any atom is 0.228 e. The molecule has 0 bridgehead atoms. The Morgan fingerprint density at radius 1 is 1.35 bits per heavy atom.